The van der Waals surface area contributed by atoms with Gasteiger partial charge in [-0.25, -0.2) is 0 Å². The van der Waals surface area contributed by atoms with Crippen molar-refractivity contribution in [3.8, 4) is 0 Å². The second-order valence-electron chi connectivity index (χ2n) is 8.63. The van der Waals surface area contributed by atoms with Crippen LogP contribution in [0.15, 0.2) is 24.3 Å². The van der Waals surface area contributed by atoms with Gasteiger partial charge in [0.15, 0.2) is 0 Å². The summed E-state index contributed by atoms with van der Waals surface area (Å²) in [5, 5.41) is 0. The van der Waals surface area contributed by atoms with E-state index < -0.39 is 0 Å². The topological polar surface area (TPSA) is 43.5 Å². The van der Waals surface area contributed by atoms with Crippen molar-refractivity contribution >= 4 is 0 Å². The molecule has 0 aromatic heterocycles. The molecule has 0 radical (unpaired) electrons. The zero-order chi connectivity index (χ0) is 17.3. The molecule has 4 nitrogen and oxygen atoms in total. The van der Waals surface area contributed by atoms with Gasteiger partial charge in [0.2, 0.25) is 0 Å². The summed E-state index contributed by atoms with van der Waals surface area (Å²) in [6.07, 6.45) is 9.56. The van der Waals surface area contributed by atoms with Gasteiger partial charge in [0.25, 0.3) is 0 Å². The van der Waals surface area contributed by atoms with Crippen LogP contribution in [0.4, 0.5) is 0 Å². The second kappa shape index (κ2) is 7.59. The SMILES string of the molecule is c1cc(COCC2CCC3OC3C2)cc(COCC2CCC3OC3C2)c1. The minimum Gasteiger partial charge on any atom is -0.376 e. The van der Waals surface area contributed by atoms with Gasteiger partial charge < -0.3 is 18.9 Å². The van der Waals surface area contributed by atoms with Crippen molar-refractivity contribution in [1.82, 2.24) is 0 Å². The van der Waals surface area contributed by atoms with Gasteiger partial charge >= 0.3 is 0 Å². The summed E-state index contributed by atoms with van der Waals surface area (Å²) in [6.45, 7) is 3.11. The molecule has 6 unspecified atom stereocenters. The zero-order valence-electron chi connectivity index (χ0n) is 15.5. The lowest BCUT2D eigenvalue weighted by Gasteiger charge is -2.19. The number of ether oxygens (including phenoxy) is 4. The predicted octanol–water partition coefficient (Wildman–Crippen LogP) is 3.85. The maximum Gasteiger partial charge on any atom is 0.0845 e. The first-order valence-corrected chi connectivity index (χ1v) is 10.4. The lowest BCUT2D eigenvalue weighted by Crippen LogP contribution is -2.18. The Labute approximate surface area is 156 Å². The van der Waals surface area contributed by atoms with Crippen LogP contribution in [0.3, 0.4) is 0 Å². The van der Waals surface area contributed by atoms with Crippen molar-refractivity contribution in [2.45, 2.75) is 76.2 Å². The number of hydrogen-bond donors (Lipinski definition) is 0. The molecule has 142 valence electrons. The Morgan fingerprint density at radius 3 is 1.77 bits per heavy atom. The van der Waals surface area contributed by atoms with E-state index in [1.54, 1.807) is 0 Å². The van der Waals surface area contributed by atoms with E-state index >= 15 is 0 Å². The maximum absolute atomic E-state index is 5.99. The predicted molar refractivity (Wildman–Crippen MR) is 97.8 cm³/mol. The van der Waals surface area contributed by atoms with E-state index in [1.807, 2.05) is 0 Å². The van der Waals surface area contributed by atoms with E-state index in [0.29, 0.717) is 49.5 Å². The van der Waals surface area contributed by atoms with Gasteiger partial charge in [-0.3, -0.25) is 0 Å². The lowest BCUT2D eigenvalue weighted by atomic mass is 9.90. The van der Waals surface area contributed by atoms with Crippen LogP contribution in [0.25, 0.3) is 0 Å². The summed E-state index contributed by atoms with van der Waals surface area (Å²) < 4.78 is 23.2. The third-order valence-corrected chi connectivity index (χ3v) is 6.46. The molecule has 0 spiro atoms. The highest BCUT2D eigenvalue weighted by molar-refractivity contribution is 5.22. The van der Waals surface area contributed by atoms with Crippen LogP contribution in [0.2, 0.25) is 0 Å². The number of fused-ring (bicyclic) bond motifs is 2. The molecular formula is C22H30O4. The van der Waals surface area contributed by atoms with E-state index in [1.165, 1.54) is 49.7 Å². The maximum atomic E-state index is 5.99. The molecule has 0 N–H and O–H groups in total. The Hall–Kier alpha value is -0.940. The molecule has 1 aromatic carbocycles. The Balaban J connectivity index is 1.02. The summed E-state index contributed by atoms with van der Waals surface area (Å²) >= 11 is 0. The van der Waals surface area contributed by atoms with Gasteiger partial charge in [-0.1, -0.05) is 24.3 Å². The molecule has 1 aromatic rings. The molecule has 0 amide bonds. The average molecular weight is 358 g/mol. The van der Waals surface area contributed by atoms with E-state index in [2.05, 4.69) is 24.3 Å². The first-order chi connectivity index (χ1) is 12.8. The molecule has 0 bridgehead atoms. The van der Waals surface area contributed by atoms with E-state index in [0.717, 1.165) is 13.2 Å². The van der Waals surface area contributed by atoms with Crippen LogP contribution in [-0.4, -0.2) is 37.6 Å². The van der Waals surface area contributed by atoms with Crippen LogP contribution in [0, 0.1) is 11.8 Å². The van der Waals surface area contributed by atoms with E-state index in [4.69, 9.17) is 18.9 Å². The van der Waals surface area contributed by atoms with Crippen molar-refractivity contribution in [2.75, 3.05) is 13.2 Å². The van der Waals surface area contributed by atoms with Crippen molar-refractivity contribution < 1.29 is 18.9 Å². The summed E-state index contributed by atoms with van der Waals surface area (Å²) in [5.41, 5.74) is 2.49. The molecule has 2 saturated carbocycles. The largest absolute Gasteiger partial charge is 0.376 e. The summed E-state index contributed by atoms with van der Waals surface area (Å²) in [7, 11) is 0. The monoisotopic (exact) mass is 358 g/mol. The van der Waals surface area contributed by atoms with Gasteiger partial charge in [0.05, 0.1) is 37.6 Å². The van der Waals surface area contributed by atoms with Crippen LogP contribution in [0.1, 0.15) is 49.7 Å². The van der Waals surface area contributed by atoms with Gasteiger partial charge in [0, 0.05) is 13.2 Å². The summed E-state index contributed by atoms with van der Waals surface area (Å²) in [5.74, 6) is 1.35. The fourth-order valence-corrected chi connectivity index (χ4v) is 4.77. The first-order valence-electron chi connectivity index (χ1n) is 10.4. The molecule has 26 heavy (non-hydrogen) atoms. The highest BCUT2D eigenvalue weighted by Crippen LogP contribution is 2.40. The number of rotatable bonds is 8. The Morgan fingerprint density at radius 1 is 0.731 bits per heavy atom. The van der Waals surface area contributed by atoms with Crippen molar-refractivity contribution in [1.29, 1.82) is 0 Å². The minimum atomic E-state index is 0.541. The van der Waals surface area contributed by atoms with Gasteiger partial charge in [-0.15, -0.1) is 0 Å². The molecule has 5 rings (SSSR count). The minimum absolute atomic E-state index is 0.541. The molecular weight excluding hydrogens is 328 g/mol. The third kappa shape index (κ3) is 4.30. The number of epoxide rings is 2. The third-order valence-electron chi connectivity index (χ3n) is 6.46. The highest BCUT2D eigenvalue weighted by Gasteiger charge is 2.44. The Kier molecular flexibility index (Phi) is 5.01. The van der Waals surface area contributed by atoms with Crippen LogP contribution in [0.5, 0.6) is 0 Å². The van der Waals surface area contributed by atoms with Crippen LogP contribution >= 0.6 is 0 Å². The molecule has 2 aliphatic carbocycles. The zero-order valence-corrected chi connectivity index (χ0v) is 15.5. The lowest BCUT2D eigenvalue weighted by molar-refractivity contribution is 0.0735. The van der Waals surface area contributed by atoms with E-state index in [-0.39, 0.29) is 0 Å². The van der Waals surface area contributed by atoms with Gasteiger partial charge in [-0.2, -0.15) is 0 Å². The Bertz CT molecular complexity index is 569. The van der Waals surface area contributed by atoms with Crippen molar-refractivity contribution in [3.05, 3.63) is 35.4 Å². The average Bonchev–Trinajstić information content (AvgIpc) is 3.56. The number of benzene rings is 1. The second-order valence-corrected chi connectivity index (χ2v) is 8.63. The van der Waals surface area contributed by atoms with E-state index in [9.17, 15) is 0 Å². The normalized spacial score (nSPS) is 37.7. The highest BCUT2D eigenvalue weighted by atomic mass is 16.6. The molecule has 4 heteroatoms. The van der Waals surface area contributed by atoms with Crippen molar-refractivity contribution in [3.63, 3.8) is 0 Å². The summed E-state index contributed by atoms with van der Waals surface area (Å²) in [4.78, 5) is 0. The van der Waals surface area contributed by atoms with Gasteiger partial charge in [-0.05, 0) is 61.5 Å². The fraction of sp³-hybridized carbons (Fsp3) is 0.727. The van der Waals surface area contributed by atoms with Crippen LogP contribution < -0.4 is 0 Å². The molecule has 4 fully saturated rings. The molecule has 6 atom stereocenters. The fourth-order valence-electron chi connectivity index (χ4n) is 4.77. The molecule has 4 aliphatic rings. The standard InChI is InChI=1S/C22H30O4/c1-2-15(11-23-13-17-4-6-19-21(9-17)25-19)8-16(3-1)12-24-14-18-5-7-20-22(10-18)26-20/h1-3,8,17-22H,4-7,9-14H2. The number of hydrogen-bond acceptors (Lipinski definition) is 4. The summed E-state index contributed by atoms with van der Waals surface area (Å²) in [6, 6.07) is 8.64. The van der Waals surface area contributed by atoms with Crippen molar-refractivity contribution in [2.24, 2.45) is 11.8 Å². The molecule has 2 saturated heterocycles. The Morgan fingerprint density at radius 2 is 1.27 bits per heavy atom. The smallest absolute Gasteiger partial charge is 0.0845 e. The molecule has 2 heterocycles. The van der Waals surface area contributed by atoms with Crippen LogP contribution in [-0.2, 0) is 32.2 Å². The van der Waals surface area contributed by atoms with Gasteiger partial charge in [0.1, 0.15) is 0 Å². The quantitative estimate of drug-likeness (QED) is 0.662. The first kappa shape index (κ1) is 17.2. The molecule has 2 aliphatic heterocycles.